The summed E-state index contributed by atoms with van der Waals surface area (Å²) in [5.41, 5.74) is 12.5. The standard InChI is InChI=1S/C8H11N3O/c9-5-3-6(10)8(12)11-7(5)4-1-2-4/h3-4H,1-2,9-10H2,(H,11,12). The average Bonchev–Trinajstić information content (AvgIpc) is 2.79. The van der Waals surface area contributed by atoms with Gasteiger partial charge in [-0.2, -0.15) is 0 Å². The van der Waals surface area contributed by atoms with E-state index in [1.54, 1.807) is 0 Å². The van der Waals surface area contributed by atoms with E-state index < -0.39 is 0 Å². The number of aromatic nitrogens is 1. The molecular formula is C8H11N3O. The van der Waals surface area contributed by atoms with Crippen molar-refractivity contribution in [3.63, 3.8) is 0 Å². The zero-order valence-corrected chi connectivity index (χ0v) is 6.63. The lowest BCUT2D eigenvalue weighted by atomic mass is 10.2. The molecule has 64 valence electrons. The number of aromatic amines is 1. The van der Waals surface area contributed by atoms with Gasteiger partial charge < -0.3 is 16.5 Å². The number of H-pyrrole nitrogens is 1. The number of hydrogen-bond acceptors (Lipinski definition) is 3. The van der Waals surface area contributed by atoms with Crippen LogP contribution in [0.4, 0.5) is 11.4 Å². The SMILES string of the molecule is Nc1cc(N)c(=O)[nH]c1C1CC1. The lowest BCUT2D eigenvalue weighted by molar-refractivity contribution is 1.01. The van der Waals surface area contributed by atoms with Crippen LogP contribution in [0, 0.1) is 0 Å². The van der Waals surface area contributed by atoms with Gasteiger partial charge in [0, 0.05) is 11.6 Å². The van der Waals surface area contributed by atoms with E-state index in [9.17, 15) is 4.79 Å². The summed E-state index contributed by atoms with van der Waals surface area (Å²) in [5, 5.41) is 0. The number of nitrogens with two attached hydrogens (primary N) is 2. The zero-order chi connectivity index (χ0) is 8.72. The summed E-state index contributed by atoms with van der Waals surface area (Å²) in [6.07, 6.45) is 2.23. The van der Waals surface area contributed by atoms with E-state index in [0.717, 1.165) is 18.5 Å². The molecule has 1 aromatic heterocycles. The molecule has 0 atom stereocenters. The maximum absolute atomic E-state index is 11.1. The van der Waals surface area contributed by atoms with Crippen molar-refractivity contribution >= 4 is 11.4 Å². The van der Waals surface area contributed by atoms with Crippen LogP contribution in [0.25, 0.3) is 0 Å². The molecule has 0 amide bonds. The number of pyridine rings is 1. The molecule has 0 aromatic carbocycles. The van der Waals surface area contributed by atoms with Gasteiger partial charge >= 0.3 is 0 Å². The molecule has 0 aliphatic heterocycles. The second-order valence-electron chi connectivity index (χ2n) is 3.20. The van der Waals surface area contributed by atoms with Gasteiger partial charge in [-0.1, -0.05) is 0 Å². The Kier molecular flexibility index (Phi) is 1.36. The largest absolute Gasteiger partial charge is 0.397 e. The second-order valence-corrected chi connectivity index (χ2v) is 3.20. The number of anilines is 2. The fourth-order valence-electron chi connectivity index (χ4n) is 1.29. The average molecular weight is 165 g/mol. The van der Waals surface area contributed by atoms with Crippen molar-refractivity contribution in [3.05, 3.63) is 22.1 Å². The van der Waals surface area contributed by atoms with Crippen molar-refractivity contribution in [3.8, 4) is 0 Å². The molecule has 1 aliphatic carbocycles. The molecule has 4 nitrogen and oxygen atoms in total. The van der Waals surface area contributed by atoms with Crippen molar-refractivity contribution in [2.24, 2.45) is 0 Å². The molecule has 1 fully saturated rings. The predicted octanol–water partition coefficient (Wildman–Crippen LogP) is 0.417. The maximum Gasteiger partial charge on any atom is 0.271 e. The Hall–Kier alpha value is -1.45. The van der Waals surface area contributed by atoms with Crippen molar-refractivity contribution in [1.82, 2.24) is 4.98 Å². The summed E-state index contributed by atoms with van der Waals surface area (Å²) < 4.78 is 0. The first kappa shape index (κ1) is 7.21. The molecular weight excluding hydrogens is 154 g/mol. The van der Waals surface area contributed by atoms with Gasteiger partial charge in [-0.25, -0.2) is 0 Å². The minimum absolute atomic E-state index is 0.192. The van der Waals surface area contributed by atoms with Gasteiger partial charge in [0.25, 0.3) is 5.56 Å². The van der Waals surface area contributed by atoms with E-state index in [-0.39, 0.29) is 11.2 Å². The quantitative estimate of drug-likeness (QED) is 0.563. The van der Waals surface area contributed by atoms with Gasteiger partial charge in [-0.15, -0.1) is 0 Å². The Labute approximate surface area is 69.6 Å². The van der Waals surface area contributed by atoms with Gasteiger partial charge in [-0.05, 0) is 18.9 Å². The number of nitrogens with one attached hydrogen (secondary N) is 1. The van der Waals surface area contributed by atoms with Crippen molar-refractivity contribution in [2.75, 3.05) is 11.5 Å². The summed E-state index contributed by atoms with van der Waals surface area (Å²) in [6, 6.07) is 1.53. The smallest absolute Gasteiger partial charge is 0.271 e. The topological polar surface area (TPSA) is 84.9 Å². The molecule has 5 N–H and O–H groups in total. The summed E-state index contributed by atoms with van der Waals surface area (Å²) in [4.78, 5) is 13.8. The van der Waals surface area contributed by atoms with Crippen molar-refractivity contribution < 1.29 is 0 Å². The van der Waals surface area contributed by atoms with Crippen LogP contribution in [0.15, 0.2) is 10.9 Å². The third kappa shape index (κ3) is 1.05. The molecule has 1 aliphatic rings. The normalized spacial score (nSPS) is 16.3. The molecule has 4 heteroatoms. The Balaban J connectivity index is 2.54. The summed E-state index contributed by atoms with van der Waals surface area (Å²) >= 11 is 0. The summed E-state index contributed by atoms with van der Waals surface area (Å²) in [7, 11) is 0. The first-order chi connectivity index (χ1) is 5.68. The van der Waals surface area contributed by atoms with E-state index in [2.05, 4.69) is 4.98 Å². The van der Waals surface area contributed by atoms with Gasteiger partial charge in [0.15, 0.2) is 0 Å². The van der Waals surface area contributed by atoms with Crippen LogP contribution in [0.1, 0.15) is 24.5 Å². The molecule has 1 heterocycles. The molecule has 2 rings (SSSR count). The Morgan fingerprint density at radius 2 is 2.00 bits per heavy atom. The highest BCUT2D eigenvalue weighted by atomic mass is 16.1. The first-order valence-corrected chi connectivity index (χ1v) is 3.96. The Bertz CT molecular complexity index is 365. The van der Waals surface area contributed by atoms with E-state index in [4.69, 9.17) is 11.5 Å². The van der Waals surface area contributed by atoms with Crippen molar-refractivity contribution in [1.29, 1.82) is 0 Å². The van der Waals surface area contributed by atoms with Crippen LogP contribution in [0.2, 0.25) is 0 Å². The summed E-state index contributed by atoms with van der Waals surface area (Å²) in [6.45, 7) is 0. The molecule has 1 aromatic rings. The molecule has 0 saturated heterocycles. The Morgan fingerprint density at radius 1 is 1.33 bits per heavy atom. The van der Waals surface area contributed by atoms with Crippen LogP contribution in [0.3, 0.4) is 0 Å². The number of hydrogen-bond donors (Lipinski definition) is 3. The third-order valence-electron chi connectivity index (χ3n) is 2.12. The molecule has 0 unspecified atom stereocenters. The van der Waals surface area contributed by atoms with Crippen LogP contribution >= 0.6 is 0 Å². The molecule has 12 heavy (non-hydrogen) atoms. The van der Waals surface area contributed by atoms with Crippen LogP contribution in [-0.4, -0.2) is 4.98 Å². The minimum Gasteiger partial charge on any atom is -0.397 e. The van der Waals surface area contributed by atoms with E-state index >= 15 is 0 Å². The van der Waals surface area contributed by atoms with E-state index in [1.165, 1.54) is 6.07 Å². The highest BCUT2D eigenvalue weighted by molar-refractivity contribution is 5.54. The van der Waals surface area contributed by atoms with E-state index in [1.807, 2.05) is 0 Å². The molecule has 0 bridgehead atoms. The second kappa shape index (κ2) is 2.27. The van der Waals surface area contributed by atoms with Crippen molar-refractivity contribution in [2.45, 2.75) is 18.8 Å². The summed E-state index contributed by atoms with van der Waals surface area (Å²) in [5.74, 6) is 0.457. The fourth-order valence-corrected chi connectivity index (χ4v) is 1.29. The van der Waals surface area contributed by atoms with Gasteiger partial charge in [0.1, 0.15) is 0 Å². The van der Waals surface area contributed by atoms with Crippen LogP contribution < -0.4 is 17.0 Å². The number of rotatable bonds is 1. The monoisotopic (exact) mass is 165 g/mol. The van der Waals surface area contributed by atoms with E-state index in [0.29, 0.717) is 11.6 Å². The van der Waals surface area contributed by atoms with Crippen LogP contribution in [0.5, 0.6) is 0 Å². The maximum atomic E-state index is 11.1. The third-order valence-corrected chi connectivity index (χ3v) is 2.12. The number of nitrogen functional groups attached to an aromatic ring is 2. The van der Waals surface area contributed by atoms with Gasteiger partial charge in [0.05, 0.1) is 11.4 Å². The zero-order valence-electron chi connectivity index (χ0n) is 6.63. The Morgan fingerprint density at radius 3 is 2.58 bits per heavy atom. The predicted molar refractivity (Wildman–Crippen MR) is 47.9 cm³/mol. The fraction of sp³-hybridized carbons (Fsp3) is 0.375. The van der Waals surface area contributed by atoms with Gasteiger partial charge in [0.2, 0.25) is 0 Å². The molecule has 0 radical (unpaired) electrons. The molecule has 0 spiro atoms. The lowest BCUT2D eigenvalue weighted by Crippen LogP contribution is -2.15. The van der Waals surface area contributed by atoms with Gasteiger partial charge in [-0.3, -0.25) is 4.79 Å². The highest BCUT2D eigenvalue weighted by Crippen LogP contribution is 2.41. The first-order valence-electron chi connectivity index (χ1n) is 3.96. The minimum atomic E-state index is -0.230. The van der Waals surface area contributed by atoms with Crippen LogP contribution in [-0.2, 0) is 0 Å². The molecule has 1 saturated carbocycles. The lowest BCUT2D eigenvalue weighted by Gasteiger charge is -2.03. The highest BCUT2D eigenvalue weighted by Gasteiger charge is 2.26.